The summed E-state index contributed by atoms with van der Waals surface area (Å²) < 4.78 is 66.4. The molecule has 238 valence electrons. The normalized spacial score (nSPS) is 23.7. The van der Waals surface area contributed by atoms with Crippen LogP contribution in [-0.4, -0.2) is 57.3 Å². The first-order valence-corrected chi connectivity index (χ1v) is 15.3. The number of H-pyrrole nitrogens is 1. The smallest absolute Gasteiger partial charge is 0.459 e. The fraction of sp³-hybridized carbons (Fsp3) is 0.414. The summed E-state index contributed by atoms with van der Waals surface area (Å²) in [6, 6.07) is 10.7. The van der Waals surface area contributed by atoms with Gasteiger partial charge in [0.25, 0.3) is 5.56 Å². The van der Waals surface area contributed by atoms with Gasteiger partial charge in [-0.05, 0) is 69.5 Å². The van der Waals surface area contributed by atoms with E-state index in [9.17, 15) is 28.4 Å². The number of aliphatic hydroxyl groups is 1. The molecule has 3 aromatic rings. The number of rotatable bonds is 11. The van der Waals surface area contributed by atoms with Crippen LogP contribution in [0.1, 0.15) is 39.5 Å². The van der Waals surface area contributed by atoms with Crippen molar-refractivity contribution in [2.75, 3.05) is 6.61 Å². The number of aliphatic hydroxyl groups excluding tert-OH is 1. The number of esters is 1. The molecule has 0 saturated carbocycles. The number of hydrogen-bond acceptors (Lipinski definition) is 9. The number of nitrogens with zero attached hydrogens (tertiary/aromatic N) is 1. The molecule has 2 heterocycles. The lowest BCUT2D eigenvalue weighted by Crippen LogP contribution is -2.43. The molecule has 12 nitrogen and oxygen atoms in total. The fourth-order valence-electron chi connectivity index (χ4n) is 4.47. The summed E-state index contributed by atoms with van der Waals surface area (Å²) in [6.07, 6.45) is -4.43. The summed E-state index contributed by atoms with van der Waals surface area (Å²) in [5.41, 5.74) is -2.48. The molecule has 1 aliphatic rings. The molecule has 0 bridgehead atoms. The molecule has 1 fully saturated rings. The van der Waals surface area contributed by atoms with Crippen molar-refractivity contribution in [2.45, 2.75) is 70.9 Å². The van der Waals surface area contributed by atoms with Crippen LogP contribution < -0.4 is 20.9 Å². The van der Waals surface area contributed by atoms with E-state index in [2.05, 4.69) is 5.09 Å². The first-order chi connectivity index (χ1) is 20.6. The molecule has 44 heavy (non-hydrogen) atoms. The number of ether oxygens (including phenoxy) is 2. The van der Waals surface area contributed by atoms with Crippen LogP contribution in [0, 0.1) is 12.7 Å². The van der Waals surface area contributed by atoms with Crippen LogP contribution in [0.25, 0.3) is 11.1 Å². The summed E-state index contributed by atoms with van der Waals surface area (Å²) in [5.74, 6) is -1.08. The highest BCUT2D eigenvalue weighted by atomic mass is 31.2. The zero-order valence-corrected chi connectivity index (χ0v) is 25.5. The third kappa shape index (κ3) is 7.51. The molecule has 0 radical (unpaired) electrons. The second-order valence-electron chi connectivity index (χ2n) is 10.8. The van der Waals surface area contributed by atoms with Gasteiger partial charge in [-0.25, -0.2) is 18.1 Å². The minimum absolute atomic E-state index is 0.0440. The number of aromatic nitrogens is 2. The van der Waals surface area contributed by atoms with Crippen molar-refractivity contribution in [3.8, 4) is 16.9 Å². The number of aryl methyl sites for hydroxylation is 1. The number of halogens is 2. The van der Waals surface area contributed by atoms with Gasteiger partial charge >= 0.3 is 19.4 Å². The van der Waals surface area contributed by atoms with Gasteiger partial charge in [-0.3, -0.25) is 23.7 Å². The van der Waals surface area contributed by atoms with Crippen LogP contribution in [0.4, 0.5) is 8.78 Å². The van der Waals surface area contributed by atoms with E-state index >= 15 is 4.39 Å². The second-order valence-corrected chi connectivity index (χ2v) is 12.5. The van der Waals surface area contributed by atoms with Gasteiger partial charge in [0.15, 0.2) is 11.9 Å². The maximum atomic E-state index is 15.6. The molecule has 3 N–H and O–H groups in total. The van der Waals surface area contributed by atoms with Gasteiger partial charge in [0.1, 0.15) is 29.8 Å². The average Bonchev–Trinajstić information content (AvgIpc) is 3.17. The fourth-order valence-corrected chi connectivity index (χ4v) is 5.97. The van der Waals surface area contributed by atoms with Crippen molar-refractivity contribution in [1.29, 1.82) is 0 Å². The molecule has 1 aliphatic heterocycles. The van der Waals surface area contributed by atoms with E-state index in [-0.39, 0.29) is 11.6 Å². The van der Waals surface area contributed by atoms with Crippen LogP contribution in [-0.2, 0) is 23.4 Å². The zero-order valence-electron chi connectivity index (χ0n) is 24.7. The summed E-state index contributed by atoms with van der Waals surface area (Å²) >= 11 is 0. The number of nitrogens with one attached hydrogen (secondary N) is 2. The molecule has 0 aliphatic carbocycles. The molecule has 6 atom stereocenters. The minimum Gasteiger partial charge on any atom is -0.462 e. The highest BCUT2D eigenvalue weighted by Crippen LogP contribution is 2.47. The Morgan fingerprint density at radius 2 is 1.82 bits per heavy atom. The molecular weight excluding hydrogens is 603 g/mol. The summed E-state index contributed by atoms with van der Waals surface area (Å²) in [7, 11) is -4.47. The topological polar surface area (TPSA) is 158 Å². The first-order valence-electron chi connectivity index (χ1n) is 13.7. The number of hydrogen-bond donors (Lipinski definition) is 3. The lowest BCUT2D eigenvalue weighted by Gasteiger charge is -2.25. The van der Waals surface area contributed by atoms with Crippen LogP contribution in [0.2, 0.25) is 0 Å². The standard InChI is InChI=1S/C29H34F2N3O9P/c1-16(2)41-26(37)18(4)33-44(39,43-21-10-8-19(9-11-21)20-7-6-17(3)22(30)14-20)40-15-23-25(36)29(5,31)27(42-23)34-13-12-24(35)32-28(34)38/h6-14,16,18,23,25,27,36H,15H2,1-5H3,(H,33,39)(H,32,35,38)/t18-,23+,25+,27+,29+,44?/m0/s1. The molecule has 4 rings (SSSR count). The van der Waals surface area contributed by atoms with Gasteiger partial charge in [-0.15, -0.1) is 0 Å². The lowest BCUT2D eigenvalue weighted by atomic mass is 9.98. The van der Waals surface area contributed by atoms with Crippen molar-refractivity contribution < 1.29 is 41.8 Å². The second kappa shape index (κ2) is 13.1. The maximum Gasteiger partial charge on any atom is 0.459 e. The van der Waals surface area contributed by atoms with Gasteiger partial charge in [0.05, 0.1) is 12.7 Å². The monoisotopic (exact) mass is 637 g/mol. The highest BCUT2D eigenvalue weighted by molar-refractivity contribution is 7.52. The lowest BCUT2D eigenvalue weighted by molar-refractivity contribution is -0.149. The Morgan fingerprint density at radius 3 is 2.43 bits per heavy atom. The van der Waals surface area contributed by atoms with Gasteiger partial charge in [0, 0.05) is 12.3 Å². The van der Waals surface area contributed by atoms with Crippen molar-refractivity contribution in [3.63, 3.8) is 0 Å². The summed E-state index contributed by atoms with van der Waals surface area (Å²) in [6.45, 7) is 6.58. The molecule has 0 spiro atoms. The van der Waals surface area contributed by atoms with Crippen molar-refractivity contribution >= 4 is 13.7 Å². The predicted molar refractivity (Wildman–Crippen MR) is 155 cm³/mol. The third-order valence-corrected chi connectivity index (χ3v) is 8.52. The van der Waals surface area contributed by atoms with E-state index in [1.165, 1.54) is 25.1 Å². The molecule has 1 unspecified atom stereocenters. The van der Waals surface area contributed by atoms with Crippen LogP contribution in [0.15, 0.2) is 64.3 Å². The summed E-state index contributed by atoms with van der Waals surface area (Å²) in [4.78, 5) is 38.2. The number of alkyl halides is 1. The van der Waals surface area contributed by atoms with E-state index in [4.69, 9.17) is 18.5 Å². The highest BCUT2D eigenvalue weighted by Gasteiger charge is 2.56. The Balaban J connectivity index is 1.55. The Kier molecular flexibility index (Phi) is 9.91. The van der Waals surface area contributed by atoms with E-state index in [1.807, 2.05) is 4.98 Å². The summed E-state index contributed by atoms with van der Waals surface area (Å²) in [5, 5.41) is 13.2. The zero-order chi connectivity index (χ0) is 32.4. The molecule has 1 saturated heterocycles. The van der Waals surface area contributed by atoms with Crippen molar-refractivity contribution in [2.24, 2.45) is 0 Å². The molecule has 0 amide bonds. The molecular formula is C29H34F2N3O9P. The van der Waals surface area contributed by atoms with Crippen molar-refractivity contribution in [1.82, 2.24) is 14.6 Å². The van der Waals surface area contributed by atoms with Gasteiger partial charge in [-0.2, -0.15) is 5.09 Å². The maximum absolute atomic E-state index is 15.6. The Bertz CT molecular complexity index is 1660. The Labute approximate surface area is 251 Å². The molecule has 15 heteroatoms. The Hall–Kier alpha value is -3.68. The number of carbonyl (C=O) groups excluding carboxylic acids is 1. The first kappa shape index (κ1) is 33.2. The Morgan fingerprint density at radius 1 is 1.16 bits per heavy atom. The van der Waals surface area contributed by atoms with Gasteiger partial charge < -0.3 is 19.1 Å². The SMILES string of the molecule is Cc1ccc(-c2ccc(OP(=O)(N[C@@H](C)C(=O)OC(C)C)OC[C@H]3O[C@@H](n4ccc(=O)[nH]c4=O)[C@](C)(F)[C@@H]3O)cc2)cc1F. The quantitative estimate of drug-likeness (QED) is 0.209. The average molecular weight is 638 g/mol. The van der Waals surface area contributed by atoms with Gasteiger partial charge in [-0.1, -0.05) is 24.3 Å². The van der Waals surface area contributed by atoms with E-state index < -0.39 is 67.8 Å². The van der Waals surface area contributed by atoms with E-state index in [0.717, 1.165) is 23.8 Å². The van der Waals surface area contributed by atoms with Crippen molar-refractivity contribution in [3.05, 3.63) is 86.9 Å². The van der Waals surface area contributed by atoms with Crippen LogP contribution in [0.3, 0.4) is 0 Å². The predicted octanol–water partition coefficient (Wildman–Crippen LogP) is 3.77. The number of aromatic amines is 1. The third-order valence-electron chi connectivity index (χ3n) is 6.87. The molecule has 1 aromatic heterocycles. The minimum atomic E-state index is -4.47. The largest absolute Gasteiger partial charge is 0.462 e. The number of carbonyl (C=O) groups is 1. The van der Waals surface area contributed by atoms with Crippen LogP contribution in [0.5, 0.6) is 5.75 Å². The molecule has 2 aromatic carbocycles. The number of benzene rings is 2. The van der Waals surface area contributed by atoms with E-state index in [0.29, 0.717) is 16.7 Å². The van der Waals surface area contributed by atoms with E-state index in [1.54, 1.807) is 45.0 Å². The van der Waals surface area contributed by atoms with Gasteiger partial charge in [0.2, 0.25) is 0 Å². The van der Waals surface area contributed by atoms with Crippen LogP contribution >= 0.6 is 7.75 Å².